The number of ketones is 1. The molecule has 15 heavy (non-hydrogen) atoms. The predicted molar refractivity (Wildman–Crippen MR) is 60.5 cm³/mol. The fourth-order valence-electron chi connectivity index (χ4n) is 2.41. The summed E-state index contributed by atoms with van der Waals surface area (Å²) in [4.78, 5) is 11.9. The van der Waals surface area contributed by atoms with Gasteiger partial charge in [0.05, 0.1) is 0 Å². The predicted octanol–water partition coefficient (Wildman–Crippen LogP) is 2.29. The van der Waals surface area contributed by atoms with Gasteiger partial charge in [0.15, 0.2) is 5.78 Å². The van der Waals surface area contributed by atoms with E-state index >= 15 is 0 Å². The Morgan fingerprint density at radius 2 is 2.00 bits per heavy atom. The average molecular weight is 203 g/mol. The van der Waals surface area contributed by atoms with Gasteiger partial charge in [0.25, 0.3) is 0 Å². The third-order valence-electron chi connectivity index (χ3n) is 3.35. The first-order valence-corrected chi connectivity index (χ1v) is 5.53. The number of carbonyl (C=O) groups is 1. The first-order chi connectivity index (χ1) is 7.14. The van der Waals surface area contributed by atoms with Crippen LogP contribution in [0.25, 0.3) is 0 Å². The molecule has 2 heteroatoms. The molecule has 2 nitrogen and oxygen atoms in total. The van der Waals surface area contributed by atoms with Crippen molar-refractivity contribution in [1.29, 1.82) is 0 Å². The molecule has 1 aliphatic carbocycles. The highest BCUT2D eigenvalue weighted by Gasteiger charge is 2.38. The molecule has 1 aliphatic rings. The first kappa shape index (κ1) is 10.4. The van der Waals surface area contributed by atoms with Crippen molar-refractivity contribution in [2.45, 2.75) is 38.1 Å². The molecule has 1 atom stereocenters. The summed E-state index contributed by atoms with van der Waals surface area (Å²) in [6.07, 6.45) is 3.46. The Morgan fingerprint density at radius 3 is 2.67 bits per heavy atom. The summed E-state index contributed by atoms with van der Waals surface area (Å²) in [6, 6.07) is 7.94. The van der Waals surface area contributed by atoms with E-state index in [0.29, 0.717) is 6.42 Å². The minimum absolute atomic E-state index is 0.197. The fraction of sp³-hybridized carbons (Fsp3) is 0.462. The second kappa shape index (κ2) is 3.78. The van der Waals surface area contributed by atoms with Gasteiger partial charge in [0, 0.05) is 6.42 Å². The van der Waals surface area contributed by atoms with Gasteiger partial charge in [0.1, 0.15) is 5.54 Å². The van der Waals surface area contributed by atoms with Crippen LogP contribution in [0.5, 0.6) is 0 Å². The number of hydrogen-bond donors (Lipinski definition) is 1. The fourth-order valence-corrected chi connectivity index (χ4v) is 2.41. The maximum Gasteiger partial charge on any atom is 0.157 e. The molecule has 1 saturated carbocycles. The molecular formula is C13H17NO. The summed E-state index contributed by atoms with van der Waals surface area (Å²) >= 11 is 0. The van der Waals surface area contributed by atoms with E-state index in [1.807, 2.05) is 31.2 Å². The molecule has 0 unspecified atom stereocenters. The Morgan fingerprint density at radius 1 is 1.27 bits per heavy atom. The van der Waals surface area contributed by atoms with Crippen molar-refractivity contribution in [3.05, 3.63) is 35.4 Å². The van der Waals surface area contributed by atoms with Crippen LogP contribution in [0, 0.1) is 6.92 Å². The van der Waals surface area contributed by atoms with Gasteiger partial charge in [-0.3, -0.25) is 4.79 Å². The van der Waals surface area contributed by atoms with Crippen molar-refractivity contribution in [1.82, 2.24) is 0 Å². The highest BCUT2D eigenvalue weighted by Crippen LogP contribution is 2.33. The molecule has 2 N–H and O–H groups in total. The Balaban J connectivity index is 2.44. The lowest BCUT2D eigenvalue weighted by atomic mass is 9.75. The van der Waals surface area contributed by atoms with Crippen LogP contribution in [0.15, 0.2) is 24.3 Å². The standard InChI is InChI=1S/C13H17NO/c1-10-6-2-3-7-11(10)13(14)9-5-4-8-12(13)15/h2-3,6-7H,4-5,8-9,14H2,1H3/t13-/m0/s1. The molecule has 0 spiro atoms. The van der Waals surface area contributed by atoms with Gasteiger partial charge < -0.3 is 5.73 Å². The molecule has 0 aromatic heterocycles. The van der Waals surface area contributed by atoms with E-state index in [0.717, 1.165) is 30.4 Å². The molecule has 2 rings (SSSR count). The zero-order valence-electron chi connectivity index (χ0n) is 9.12. The van der Waals surface area contributed by atoms with Crippen LogP contribution in [0.4, 0.5) is 0 Å². The lowest BCUT2D eigenvalue weighted by Crippen LogP contribution is -2.47. The van der Waals surface area contributed by atoms with E-state index in [4.69, 9.17) is 5.73 Å². The van der Waals surface area contributed by atoms with Gasteiger partial charge in [-0.05, 0) is 30.9 Å². The normalized spacial score (nSPS) is 26.7. The Bertz CT molecular complexity index is 386. The molecule has 0 aliphatic heterocycles. The monoisotopic (exact) mass is 203 g/mol. The molecule has 0 bridgehead atoms. The zero-order valence-corrected chi connectivity index (χ0v) is 9.12. The summed E-state index contributed by atoms with van der Waals surface area (Å²) in [7, 11) is 0. The number of aryl methyl sites for hydroxylation is 1. The van der Waals surface area contributed by atoms with Crippen molar-refractivity contribution in [3.63, 3.8) is 0 Å². The maximum absolute atomic E-state index is 11.9. The Labute approximate surface area is 90.5 Å². The molecule has 0 amide bonds. The summed E-state index contributed by atoms with van der Waals surface area (Å²) < 4.78 is 0. The number of rotatable bonds is 1. The van der Waals surface area contributed by atoms with Gasteiger partial charge in [0.2, 0.25) is 0 Å². The second-order valence-corrected chi connectivity index (χ2v) is 4.42. The third kappa shape index (κ3) is 1.70. The van der Waals surface area contributed by atoms with Gasteiger partial charge >= 0.3 is 0 Å². The number of benzene rings is 1. The van der Waals surface area contributed by atoms with Gasteiger partial charge in [-0.2, -0.15) is 0 Å². The maximum atomic E-state index is 11.9. The van der Waals surface area contributed by atoms with Crippen LogP contribution in [0.1, 0.15) is 36.8 Å². The van der Waals surface area contributed by atoms with Crippen LogP contribution >= 0.6 is 0 Å². The number of hydrogen-bond acceptors (Lipinski definition) is 2. The highest BCUT2D eigenvalue weighted by molar-refractivity contribution is 5.90. The van der Waals surface area contributed by atoms with E-state index < -0.39 is 5.54 Å². The third-order valence-corrected chi connectivity index (χ3v) is 3.35. The lowest BCUT2D eigenvalue weighted by Gasteiger charge is -2.33. The van der Waals surface area contributed by atoms with E-state index in [1.54, 1.807) is 0 Å². The van der Waals surface area contributed by atoms with Crippen LogP contribution in [0.3, 0.4) is 0 Å². The van der Waals surface area contributed by atoms with Gasteiger partial charge in [-0.15, -0.1) is 0 Å². The topological polar surface area (TPSA) is 43.1 Å². The molecule has 1 aromatic rings. The Hall–Kier alpha value is -1.15. The Kier molecular flexibility index (Phi) is 2.61. The zero-order chi connectivity index (χ0) is 10.9. The summed E-state index contributed by atoms with van der Waals surface area (Å²) in [5.74, 6) is 0.197. The smallest absolute Gasteiger partial charge is 0.157 e. The van der Waals surface area contributed by atoms with Crippen molar-refractivity contribution in [2.75, 3.05) is 0 Å². The summed E-state index contributed by atoms with van der Waals surface area (Å²) in [5, 5.41) is 0. The second-order valence-electron chi connectivity index (χ2n) is 4.42. The van der Waals surface area contributed by atoms with Crippen LogP contribution in [0.2, 0.25) is 0 Å². The SMILES string of the molecule is Cc1ccccc1[C@@]1(N)CCCCC1=O. The van der Waals surface area contributed by atoms with Crippen molar-refractivity contribution in [2.24, 2.45) is 5.73 Å². The summed E-state index contributed by atoms with van der Waals surface area (Å²) in [6.45, 7) is 2.02. The largest absolute Gasteiger partial charge is 0.315 e. The minimum atomic E-state index is -0.719. The van der Waals surface area contributed by atoms with Crippen molar-refractivity contribution < 1.29 is 4.79 Å². The van der Waals surface area contributed by atoms with E-state index in [-0.39, 0.29) is 5.78 Å². The molecule has 0 saturated heterocycles. The minimum Gasteiger partial charge on any atom is -0.315 e. The van der Waals surface area contributed by atoms with E-state index in [2.05, 4.69) is 0 Å². The number of nitrogens with two attached hydrogens (primary N) is 1. The van der Waals surface area contributed by atoms with E-state index in [9.17, 15) is 4.79 Å². The first-order valence-electron chi connectivity index (χ1n) is 5.53. The van der Waals surface area contributed by atoms with E-state index in [1.165, 1.54) is 0 Å². The highest BCUT2D eigenvalue weighted by atomic mass is 16.1. The van der Waals surface area contributed by atoms with Gasteiger partial charge in [-0.1, -0.05) is 30.7 Å². The molecule has 1 fully saturated rings. The van der Waals surface area contributed by atoms with Crippen LogP contribution in [-0.2, 0) is 10.3 Å². The van der Waals surface area contributed by atoms with Crippen molar-refractivity contribution >= 4 is 5.78 Å². The van der Waals surface area contributed by atoms with Gasteiger partial charge in [-0.25, -0.2) is 0 Å². The molecule has 80 valence electrons. The van der Waals surface area contributed by atoms with Crippen LogP contribution < -0.4 is 5.73 Å². The molecule has 0 heterocycles. The molecule has 0 radical (unpaired) electrons. The quantitative estimate of drug-likeness (QED) is 0.761. The lowest BCUT2D eigenvalue weighted by molar-refractivity contribution is -0.126. The average Bonchev–Trinajstić information content (AvgIpc) is 2.23. The number of Topliss-reactive ketones (excluding diaryl/α,β-unsaturated/α-hetero) is 1. The molecule has 1 aromatic carbocycles. The van der Waals surface area contributed by atoms with Crippen molar-refractivity contribution in [3.8, 4) is 0 Å². The van der Waals surface area contributed by atoms with Crippen LogP contribution in [-0.4, -0.2) is 5.78 Å². The number of carbonyl (C=O) groups excluding carboxylic acids is 1. The molecular weight excluding hydrogens is 186 g/mol. The summed E-state index contributed by atoms with van der Waals surface area (Å²) in [5.41, 5.74) is 7.69.